The third kappa shape index (κ3) is 13.9. The van der Waals surface area contributed by atoms with Gasteiger partial charge in [-0.05, 0) is 54.4 Å². The molecule has 0 saturated heterocycles. The highest BCUT2D eigenvalue weighted by Gasteiger charge is 2.18. The normalized spacial score (nSPS) is 11.3. The number of nitrogens with zero attached hydrogens (tertiary/aromatic N) is 2. The van der Waals surface area contributed by atoms with Crippen LogP contribution < -0.4 is 26.6 Å². The molecular weight excluding hydrogens is 574 g/mol. The van der Waals surface area contributed by atoms with Gasteiger partial charge in [0.1, 0.15) is 22.6 Å². The van der Waals surface area contributed by atoms with Gasteiger partial charge >= 0.3 is 12.2 Å². The van der Waals surface area contributed by atoms with Gasteiger partial charge in [-0.25, -0.2) is 19.6 Å². The minimum absolute atomic E-state index is 0.0792. The molecule has 0 atom stereocenters. The van der Waals surface area contributed by atoms with Crippen molar-refractivity contribution >= 4 is 62.8 Å². The minimum Gasteiger partial charge on any atom is -0.444 e. The van der Waals surface area contributed by atoms with E-state index in [0.717, 1.165) is 22.7 Å². The summed E-state index contributed by atoms with van der Waals surface area (Å²) in [5, 5.41) is 16.5. The molecule has 5 N–H and O–H groups in total. The maximum atomic E-state index is 12.5. The van der Waals surface area contributed by atoms with Crippen LogP contribution in [0.25, 0.3) is 0 Å². The lowest BCUT2D eigenvalue weighted by molar-refractivity contribution is -0.116. The number of nitrogens with one attached hydrogen (secondary N) is 5. The predicted molar refractivity (Wildman–Crippen MR) is 155 cm³/mol. The van der Waals surface area contributed by atoms with Crippen LogP contribution >= 0.6 is 22.7 Å². The van der Waals surface area contributed by atoms with Crippen LogP contribution in [0.2, 0.25) is 0 Å². The summed E-state index contributed by atoms with van der Waals surface area (Å²) in [6, 6.07) is 0. The molecule has 0 unspecified atom stereocenters. The summed E-state index contributed by atoms with van der Waals surface area (Å²) < 4.78 is 10.3. The lowest BCUT2D eigenvalue weighted by Crippen LogP contribution is -2.34. The number of hydrogen-bond donors (Lipinski definition) is 5. The Balaban J connectivity index is 1.70. The molecule has 2 heterocycles. The number of anilines is 2. The molecule has 226 valence electrons. The molecule has 5 amide bonds. The summed E-state index contributed by atoms with van der Waals surface area (Å²) in [7, 11) is 0. The number of amides is 5. The van der Waals surface area contributed by atoms with Crippen LogP contribution in [-0.2, 0) is 14.3 Å². The second kappa shape index (κ2) is 15.3. The topological polar surface area (TPSA) is 190 Å². The van der Waals surface area contributed by atoms with Crippen LogP contribution in [-0.4, -0.2) is 70.7 Å². The number of aromatic nitrogens is 2. The molecule has 41 heavy (non-hydrogen) atoms. The first kappa shape index (κ1) is 33.4. The van der Waals surface area contributed by atoms with Crippen molar-refractivity contribution in [1.82, 2.24) is 25.9 Å². The number of carbonyl (C=O) groups is 5. The van der Waals surface area contributed by atoms with Crippen molar-refractivity contribution in [3.05, 3.63) is 22.1 Å². The van der Waals surface area contributed by atoms with Crippen LogP contribution in [0.5, 0.6) is 0 Å². The second-order valence-corrected chi connectivity index (χ2v) is 12.4. The Bertz CT molecular complexity index is 1220. The molecule has 2 aromatic rings. The van der Waals surface area contributed by atoms with E-state index < -0.39 is 35.2 Å². The third-order valence-corrected chi connectivity index (χ3v) is 6.01. The first-order chi connectivity index (χ1) is 19.1. The summed E-state index contributed by atoms with van der Waals surface area (Å²) in [5.41, 5.74) is -0.969. The molecule has 0 fully saturated rings. The highest BCUT2D eigenvalue weighted by molar-refractivity contribution is 7.14. The molecule has 14 nitrogen and oxygen atoms in total. The summed E-state index contributed by atoms with van der Waals surface area (Å²) in [5.74, 6) is -1.27. The van der Waals surface area contributed by atoms with E-state index in [1.807, 2.05) is 0 Å². The van der Waals surface area contributed by atoms with E-state index in [0.29, 0.717) is 25.9 Å². The first-order valence-corrected chi connectivity index (χ1v) is 14.6. The van der Waals surface area contributed by atoms with Crippen molar-refractivity contribution in [2.45, 2.75) is 72.0 Å². The Morgan fingerprint density at radius 2 is 1.15 bits per heavy atom. The smallest absolute Gasteiger partial charge is 0.407 e. The van der Waals surface area contributed by atoms with Gasteiger partial charge in [0, 0.05) is 36.8 Å². The summed E-state index contributed by atoms with van der Waals surface area (Å²) in [4.78, 5) is 68.5. The van der Waals surface area contributed by atoms with Gasteiger partial charge in [0.15, 0.2) is 10.3 Å². The second-order valence-electron chi connectivity index (χ2n) is 10.6. The molecule has 0 spiro atoms. The van der Waals surface area contributed by atoms with E-state index in [2.05, 4.69) is 36.6 Å². The van der Waals surface area contributed by atoms with Gasteiger partial charge in [-0.3, -0.25) is 19.7 Å². The monoisotopic (exact) mass is 611 g/mol. The first-order valence-electron chi connectivity index (χ1n) is 12.9. The van der Waals surface area contributed by atoms with Gasteiger partial charge in [0.25, 0.3) is 11.8 Å². The van der Waals surface area contributed by atoms with Crippen LogP contribution in [0, 0.1) is 0 Å². The van der Waals surface area contributed by atoms with Crippen LogP contribution in [0.15, 0.2) is 10.8 Å². The molecule has 2 aromatic heterocycles. The number of carbonyl (C=O) groups excluding carboxylic acids is 5. The van der Waals surface area contributed by atoms with E-state index in [9.17, 15) is 24.0 Å². The highest BCUT2D eigenvalue weighted by atomic mass is 32.1. The number of ether oxygens (including phenoxy) is 2. The quantitative estimate of drug-likeness (QED) is 0.223. The van der Waals surface area contributed by atoms with Crippen molar-refractivity contribution in [2.24, 2.45) is 0 Å². The number of thiazole rings is 2. The van der Waals surface area contributed by atoms with E-state index in [-0.39, 0.29) is 40.5 Å². The molecule has 0 aliphatic heterocycles. The van der Waals surface area contributed by atoms with Gasteiger partial charge in [0.2, 0.25) is 5.91 Å². The van der Waals surface area contributed by atoms with Crippen LogP contribution in [0.1, 0.15) is 81.8 Å². The zero-order valence-corrected chi connectivity index (χ0v) is 25.6. The van der Waals surface area contributed by atoms with E-state index in [1.165, 1.54) is 10.8 Å². The lowest BCUT2D eigenvalue weighted by Gasteiger charge is -2.19. The maximum Gasteiger partial charge on any atom is 0.407 e. The van der Waals surface area contributed by atoms with Crippen molar-refractivity contribution in [1.29, 1.82) is 0 Å². The molecule has 0 aliphatic rings. The molecule has 0 aliphatic carbocycles. The lowest BCUT2D eigenvalue weighted by atomic mass is 10.2. The van der Waals surface area contributed by atoms with Gasteiger partial charge in [-0.1, -0.05) is 0 Å². The fraction of sp³-hybridized carbons (Fsp3) is 0.560. The van der Waals surface area contributed by atoms with E-state index >= 15 is 0 Å². The molecule has 0 bridgehead atoms. The molecule has 0 radical (unpaired) electrons. The average Bonchev–Trinajstić information content (AvgIpc) is 3.49. The van der Waals surface area contributed by atoms with Crippen LogP contribution in [0.3, 0.4) is 0 Å². The molecule has 16 heteroatoms. The average molecular weight is 612 g/mol. The fourth-order valence-electron chi connectivity index (χ4n) is 2.85. The Labute approximate surface area is 246 Å². The SMILES string of the molecule is CC(C)(C)OC(=O)NCCCNC(=O)c1csc(NC(=O)c2csc(NC(=O)CCCNC(=O)OC(C)(C)C)n2)n1. The van der Waals surface area contributed by atoms with Crippen molar-refractivity contribution in [3.8, 4) is 0 Å². The molecular formula is C25H37N7O7S2. The zero-order chi connectivity index (χ0) is 30.6. The van der Waals surface area contributed by atoms with Gasteiger partial charge < -0.3 is 30.7 Å². The minimum atomic E-state index is -0.600. The van der Waals surface area contributed by atoms with Crippen molar-refractivity contribution in [3.63, 3.8) is 0 Å². The number of rotatable bonds is 12. The summed E-state index contributed by atoms with van der Waals surface area (Å²) in [6.07, 6.45) is -0.0488. The Kier molecular flexibility index (Phi) is 12.5. The zero-order valence-electron chi connectivity index (χ0n) is 24.0. The summed E-state index contributed by atoms with van der Waals surface area (Å²) in [6.45, 7) is 11.5. The van der Waals surface area contributed by atoms with Gasteiger partial charge in [-0.15, -0.1) is 22.7 Å². The predicted octanol–water partition coefficient (Wildman–Crippen LogP) is 3.74. The fourth-order valence-corrected chi connectivity index (χ4v) is 4.25. The molecule has 0 saturated carbocycles. The van der Waals surface area contributed by atoms with E-state index in [4.69, 9.17) is 9.47 Å². The standard InChI is InChI=1S/C25H37N7O7S2/c1-24(2,3)38-22(36)27-10-7-9-17(33)31-20-30-16(14-40-20)19(35)32-21-29-15(13-41-21)18(34)26-11-8-12-28-23(37)39-25(4,5)6/h13-14H,7-12H2,1-6H3,(H,26,34)(H,27,36)(H,28,37)(H,29,32,35)(H,30,31,33). The van der Waals surface area contributed by atoms with Crippen LogP contribution in [0.4, 0.5) is 19.9 Å². The van der Waals surface area contributed by atoms with Gasteiger partial charge in [-0.2, -0.15) is 0 Å². The number of alkyl carbamates (subject to hydrolysis) is 2. The Hall–Kier alpha value is -3.79. The highest BCUT2D eigenvalue weighted by Crippen LogP contribution is 2.20. The Morgan fingerprint density at radius 1 is 0.683 bits per heavy atom. The molecule has 2 rings (SSSR count). The van der Waals surface area contributed by atoms with Crippen molar-refractivity contribution in [2.75, 3.05) is 30.3 Å². The van der Waals surface area contributed by atoms with Crippen molar-refractivity contribution < 1.29 is 33.4 Å². The molecule has 0 aromatic carbocycles. The third-order valence-electron chi connectivity index (χ3n) is 4.50. The van der Waals surface area contributed by atoms with Gasteiger partial charge in [0.05, 0.1) is 0 Å². The number of hydrogen-bond acceptors (Lipinski definition) is 11. The largest absolute Gasteiger partial charge is 0.444 e. The summed E-state index contributed by atoms with van der Waals surface area (Å²) >= 11 is 2.16. The van der Waals surface area contributed by atoms with E-state index in [1.54, 1.807) is 41.5 Å². The maximum absolute atomic E-state index is 12.5. The Morgan fingerprint density at radius 3 is 1.68 bits per heavy atom.